The molecule has 0 unspecified atom stereocenters. The zero-order chi connectivity index (χ0) is 14.4. The standard InChI is InChI=1S/C17H14BrFN2/c18-10-8-13-11-4-3-5-12(11)17(15-6-1-2-7-20-15)21-16(13)14(19)9-10/h1-4,6-9,11-12,17,21H,5H2/t11-,12+,17-/m0/s1. The SMILES string of the molecule is Fc1cc(Br)cc2c1N[C@H](c1ccccn1)[C@@H]1CC=C[C@H]21. The van der Waals surface area contributed by atoms with Crippen LogP contribution in [0.25, 0.3) is 0 Å². The third-order valence-electron chi connectivity index (χ3n) is 4.39. The first kappa shape index (κ1) is 13.0. The van der Waals surface area contributed by atoms with Crippen molar-refractivity contribution in [3.05, 3.63) is 70.2 Å². The van der Waals surface area contributed by atoms with Crippen molar-refractivity contribution in [3.63, 3.8) is 0 Å². The summed E-state index contributed by atoms with van der Waals surface area (Å²) in [7, 11) is 0. The molecule has 0 bridgehead atoms. The van der Waals surface area contributed by atoms with Gasteiger partial charge in [-0.1, -0.05) is 34.1 Å². The molecule has 1 aromatic heterocycles. The van der Waals surface area contributed by atoms with E-state index in [0.717, 1.165) is 22.2 Å². The lowest BCUT2D eigenvalue weighted by Gasteiger charge is -2.37. The fourth-order valence-corrected chi connectivity index (χ4v) is 3.92. The van der Waals surface area contributed by atoms with Crippen molar-refractivity contribution in [2.24, 2.45) is 5.92 Å². The van der Waals surface area contributed by atoms with E-state index in [0.29, 0.717) is 11.6 Å². The number of aromatic nitrogens is 1. The lowest BCUT2D eigenvalue weighted by molar-refractivity contribution is 0.414. The molecule has 2 aliphatic rings. The third kappa shape index (κ3) is 2.09. The minimum atomic E-state index is -0.209. The summed E-state index contributed by atoms with van der Waals surface area (Å²) >= 11 is 3.39. The van der Waals surface area contributed by atoms with Crippen molar-refractivity contribution in [3.8, 4) is 0 Å². The van der Waals surface area contributed by atoms with E-state index in [1.54, 1.807) is 6.20 Å². The van der Waals surface area contributed by atoms with Crippen LogP contribution in [-0.2, 0) is 0 Å². The number of allylic oxidation sites excluding steroid dienone is 2. The van der Waals surface area contributed by atoms with Crippen LogP contribution in [0.3, 0.4) is 0 Å². The molecule has 0 radical (unpaired) electrons. The van der Waals surface area contributed by atoms with Crippen LogP contribution < -0.4 is 5.32 Å². The van der Waals surface area contributed by atoms with Gasteiger partial charge in [-0.15, -0.1) is 0 Å². The summed E-state index contributed by atoms with van der Waals surface area (Å²) in [6.45, 7) is 0. The van der Waals surface area contributed by atoms with E-state index < -0.39 is 0 Å². The first-order valence-corrected chi connectivity index (χ1v) is 7.86. The molecule has 2 nitrogen and oxygen atoms in total. The maximum atomic E-state index is 14.3. The molecule has 0 saturated carbocycles. The zero-order valence-corrected chi connectivity index (χ0v) is 12.8. The van der Waals surface area contributed by atoms with Crippen molar-refractivity contribution >= 4 is 21.6 Å². The van der Waals surface area contributed by atoms with E-state index in [2.05, 4.69) is 38.4 Å². The van der Waals surface area contributed by atoms with Crippen LogP contribution >= 0.6 is 15.9 Å². The predicted octanol–water partition coefficient (Wildman–Crippen LogP) is 4.81. The summed E-state index contributed by atoms with van der Waals surface area (Å²) in [6, 6.07) is 9.48. The number of rotatable bonds is 1. The van der Waals surface area contributed by atoms with E-state index in [1.807, 2.05) is 24.3 Å². The van der Waals surface area contributed by atoms with E-state index in [9.17, 15) is 4.39 Å². The Morgan fingerprint density at radius 3 is 3.00 bits per heavy atom. The van der Waals surface area contributed by atoms with Gasteiger partial charge < -0.3 is 5.32 Å². The van der Waals surface area contributed by atoms with Gasteiger partial charge in [-0.25, -0.2) is 4.39 Å². The Labute approximate surface area is 131 Å². The van der Waals surface area contributed by atoms with Crippen molar-refractivity contribution in [1.82, 2.24) is 4.98 Å². The molecule has 4 rings (SSSR count). The normalized spacial score (nSPS) is 26.1. The molecule has 1 aromatic carbocycles. The average molecular weight is 345 g/mol. The summed E-state index contributed by atoms with van der Waals surface area (Å²) in [4.78, 5) is 4.46. The van der Waals surface area contributed by atoms with Gasteiger partial charge in [0.25, 0.3) is 0 Å². The largest absolute Gasteiger partial charge is 0.374 e. The molecule has 3 atom stereocenters. The second-order valence-corrected chi connectivity index (χ2v) is 6.50. The van der Waals surface area contributed by atoms with Crippen LogP contribution in [0.1, 0.15) is 29.6 Å². The smallest absolute Gasteiger partial charge is 0.147 e. The number of anilines is 1. The second-order valence-electron chi connectivity index (χ2n) is 5.58. The maximum Gasteiger partial charge on any atom is 0.147 e. The van der Waals surface area contributed by atoms with Gasteiger partial charge in [-0.3, -0.25) is 4.98 Å². The van der Waals surface area contributed by atoms with Crippen LogP contribution in [0.15, 0.2) is 53.2 Å². The van der Waals surface area contributed by atoms with Gasteiger partial charge >= 0.3 is 0 Å². The van der Waals surface area contributed by atoms with Crippen molar-refractivity contribution in [2.75, 3.05) is 5.32 Å². The summed E-state index contributed by atoms with van der Waals surface area (Å²) in [5, 5.41) is 3.38. The molecule has 1 N–H and O–H groups in total. The number of hydrogen-bond donors (Lipinski definition) is 1. The quantitative estimate of drug-likeness (QED) is 0.751. The Hall–Kier alpha value is -1.68. The predicted molar refractivity (Wildman–Crippen MR) is 84.7 cm³/mol. The van der Waals surface area contributed by atoms with Crippen LogP contribution in [-0.4, -0.2) is 4.98 Å². The first-order chi connectivity index (χ1) is 10.2. The summed E-state index contributed by atoms with van der Waals surface area (Å²) in [6.07, 6.45) is 7.18. The molecular formula is C17H14BrFN2. The molecule has 0 amide bonds. The third-order valence-corrected chi connectivity index (χ3v) is 4.85. The minimum Gasteiger partial charge on any atom is -0.374 e. The topological polar surface area (TPSA) is 24.9 Å². The second kappa shape index (κ2) is 4.95. The van der Waals surface area contributed by atoms with Gasteiger partial charge in [0, 0.05) is 16.6 Å². The van der Waals surface area contributed by atoms with E-state index >= 15 is 0 Å². The number of fused-ring (bicyclic) bond motifs is 3. The molecular weight excluding hydrogens is 331 g/mol. The molecule has 0 fully saturated rings. The number of benzene rings is 1. The van der Waals surface area contributed by atoms with Gasteiger partial charge in [-0.05, 0) is 42.2 Å². The van der Waals surface area contributed by atoms with E-state index in [1.165, 1.54) is 6.07 Å². The lowest BCUT2D eigenvalue weighted by Crippen LogP contribution is -2.30. The maximum absolute atomic E-state index is 14.3. The Bertz CT molecular complexity index is 714. The van der Waals surface area contributed by atoms with Crippen LogP contribution in [0.4, 0.5) is 10.1 Å². The summed E-state index contributed by atoms with van der Waals surface area (Å²) in [5.41, 5.74) is 2.62. The number of nitrogens with zero attached hydrogens (tertiary/aromatic N) is 1. The summed E-state index contributed by atoms with van der Waals surface area (Å²) in [5.74, 6) is 0.431. The highest BCUT2D eigenvalue weighted by Gasteiger charge is 2.39. The molecule has 4 heteroatoms. The van der Waals surface area contributed by atoms with Gasteiger partial charge in [0.15, 0.2) is 0 Å². The van der Waals surface area contributed by atoms with Gasteiger partial charge in [0.05, 0.1) is 17.4 Å². The van der Waals surface area contributed by atoms with Gasteiger partial charge in [-0.2, -0.15) is 0 Å². The van der Waals surface area contributed by atoms with Gasteiger partial charge in [0.2, 0.25) is 0 Å². The molecule has 2 heterocycles. The van der Waals surface area contributed by atoms with Crippen LogP contribution in [0, 0.1) is 11.7 Å². The minimum absolute atomic E-state index is 0.0503. The fraction of sp³-hybridized carbons (Fsp3) is 0.235. The molecule has 2 aromatic rings. The van der Waals surface area contributed by atoms with Gasteiger partial charge in [0.1, 0.15) is 5.82 Å². The zero-order valence-electron chi connectivity index (χ0n) is 11.3. The average Bonchev–Trinajstić information content (AvgIpc) is 2.97. The molecule has 106 valence electrons. The molecule has 21 heavy (non-hydrogen) atoms. The molecule has 0 saturated heterocycles. The number of nitrogens with one attached hydrogen (secondary N) is 1. The Kier molecular flexibility index (Phi) is 3.07. The Morgan fingerprint density at radius 2 is 2.19 bits per heavy atom. The van der Waals surface area contributed by atoms with E-state index in [-0.39, 0.29) is 17.8 Å². The van der Waals surface area contributed by atoms with Crippen molar-refractivity contribution in [2.45, 2.75) is 18.4 Å². The molecule has 1 aliphatic heterocycles. The fourth-order valence-electron chi connectivity index (χ4n) is 3.47. The highest BCUT2D eigenvalue weighted by Crippen LogP contribution is 2.50. The van der Waals surface area contributed by atoms with E-state index in [4.69, 9.17) is 0 Å². The Morgan fingerprint density at radius 1 is 1.29 bits per heavy atom. The van der Waals surface area contributed by atoms with Crippen LogP contribution in [0.2, 0.25) is 0 Å². The van der Waals surface area contributed by atoms with Crippen molar-refractivity contribution < 1.29 is 4.39 Å². The highest BCUT2D eigenvalue weighted by atomic mass is 79.9. The Balaban J connectivity index is 1.84. The highest BCUT2D eigenvalue weighted by molar-refractivity contribution is 9.10. The number of hydrogen-bond acceptors (Lipinski definition) is 2. The lowest BCUT2D eigenvalue weighted by atomic mass is 9.78. The summed E-state index contributed by atoms with van der Waals surface area (Å²) < 4.78 is 15.1. The van der Waals surface area contributed by atoms with Crippen molar-refractivity contribution in [1.29, 1.82) is 0 Å². The molecule has 1 aliphatic carbocycles. The monoisotopic (exact) mass is 344 g/mol. The number of halogens is 2. The van der Waals surface area contributed by atoms with Crippen LogP contribution in [0.5, 0.6) is 0 Å². The molecule has 0 spiro atoms. The first-order valence-electron chi connectivity index (χ1n) is 7.07. The number of pyridine rings is 1.